The van der Waals surface area contributed by atoms with Crippen molar-refractivity contribution < 1.29 is 31.2 Å². The van der Waals surface area contributed by atoms with Crippen LogP contribution in [0.5, 0.6) is 5.75 Å². The number of ether oxygens (including phenoxy) is 1. The molecule has 2 atom stereocenters. The lowest BCUT2D eigenvalue weighted by molar-refractivity contribution is -0.0497. The van der Waals surface area contributed by atoms with Crippen LogP contribution in [0.4, 0.5) is 17.6 Å². The van der Waals surface area contributed by atoms with Gasteiger partial charge in [0.25, 0.3) is 12.3 Å². The highest BCUT2D eigenvalue weighted by molar-refractivity contribution is 5.97. The van der Waals surface area contributed by atoms with Gasteiger partial charge in [0.15, 0.2) is 0 Å². The number of halogens is 4. The Balaban J connectivity index is 1.81. The van der Waals surface area contributed by atoms with Gasteiger partial charge in [-0.25, -0.2) is 4.98 Å². The van der Waals surface area contributed by atoms with Gasteiger partial charge in [-0.05, 0) is 30.2 Å². The van der Waals surface area contributed by atoms with Crippen molar-refractivity contribution in [2.24, 2.45) is 0 Å². The number of fused-ring (bicyclic) bond motifs is 9. The second-order valence-electron chi connectivity index (χ2n) is 7.15. The Morgan fingerprint density at radius 1 is 1.23 bits per heavy atom. The van der Waals surface area contributed by atoms with Gasteiger partial charge in [-0.15, -0.1) is 0 Å². The molecule has 5 rings (SSSR count). The molecular weight excluding hydrogens is 414 g/mol. The first-order chi connectivity index (χ1) is 16.1. The zero-order valence-electron chi connectivity index (χ0n) is 18.7. The van der Waals surface area contributed by atoms with E-state index in [0.29, 0.717) is 11.0 Å². The van der Waals surface area contributed by atoms with Gasteiger partial charge in [-0.1, -0.05) is 12.0 Å². The van der Waals surface area contributed by atoms with Gasteiger partial charge >= 0.3 is 6.61 Å². The van der Waals surface area contributed by atoms with E-state index in [1.807, 2.05) is 0 Å². The molecule has 0 unspecified atom stereocenters. The predicted octanol–water partition coefficient (Wildman–Crippen LogP) is 4.37. The zero-order chi connectivity index (χ0) is 24.4. The standard InChI is InChI=1S/C22H15F4N3O2/c1-28-17-10-16(19-11(5-8-18(23)24)3-2-4-13(19)21(28)30)29-15-9-12(31-22(25)26)6-7-14(15)27-20(17)29/h2-4,6-7,9,16-18,22H,10H2,1H3/t16-,17-/m1/s1/i1D3. The average molecular weight is 432 g/mol. The molecule has 2 aromatic carbocycles. The molecule has 1 amide bonds. The van der Waals surface area contributed by atoms with Crippen LogP contribution in [0.15, 0.2) is 36.4 Å². The largest absolute Gasteiger partial charge is 0.435 e. The highest BCUT2D eigenvalue weighted by atomic mass is 19.3. The van der Waals surface area contributed by atoms with E-state index < -0.39 is 38.0 Å². The molecular formula is C22H15F4N3O2. The lowest BCUT2D eigenvalue weighted by Gasteiger charge is -2.24. The van der Waals surface area contributed by atoms with Crippen LogP contribution in [0.2, 0.25) is 0 Å². The van der Waals surface area contributed by atoms with Gasteiger partial charge in [-0.3, -0.25) is 4.79 Å². The number of amides is 1. The van der Waals surface area contributed by atoms with Gasteiger partial charge in [0, 0.05) is 40.3 Å². The molecule has 2 aliphatic rings. The topological polar surface area (TPSA) is 47.4 Å². The van der Waals surface area contributed by atoms with Crippen LogP contribution in [0.3, 0.4) is 0 Å². The Morgan fingerprint density at radius 3 is 2.81 bits per heavy atom. The maximum atomic E-state index is 13.4. The number of carbonyl (C=O) groups excluding carboxylic acids is 1. The van der Waals surface area contributed by atoms with E-state index in [-0.39, 0.29) is 34.7 Å². The Hall–Kier alpha value is -3.54. The van der Waals surface area contributed by atoms with Crippen molar-refractivity contribution in [3.63, 3.8) is 0 Å². The summed E-state index contributed by atoms with van der Waals surface area (Å²) < 4.78 is 81.4. The van der Waals surface area contributed by atoms with Gasteiger partial charge in [0.2, 0.25) is 0 Å². The molecule has 0 fully saturated rings. The SMILES string of the molecule is [2H]C([2H])([2H])N1C(=O)c2cccc(C#CC(F)F)c2[C@H]2C[C@@H]1c1nc3ccc(OC(F)F)cc3n12. The van der Waals surface area contributed by atoms with Crippen LogP contribution in [0.1, 0.15) is 49.9 Å². The first-order valence-electron chi connectivity index (χ1n) is 10.8. The van der Waals surface area contributed by atoms with Crippen LogP contribution in [0, 0.1) is 11.8 Å². The van der Waals surface area contributed by atoms with Crippen molar-refractivity contribution in [2.45, 2.75) is 31.5 Å². The summed E-state index contributed by atoms with van der Waals surface area (Å²) in [4.78, 5) is 18.6. The minimum absolute atomic E-state index is 0.0252. The Labute approximate surface area is 178 Å². The molecule has 5 nitrogen and oxygen atoms in total. The van der Waals surface area contributed by atoms with Crippen LogP contribution < -0.4 is 4.74 Å². The van der Waals surface area contributed by atoms with Crippen molar-refractivity contribution in [1.82, 2.24) is 14.5 Å². The first kappa shape index (κ1) is 16.2. The summed E-state index contributed by atoms with van der Waals surface area (Å²) >= 11 is 0. The van der Waals surface area contributed by atoms with Crippen molar-refractivity contribution in [3.8, 4) is 17.6 Å². The van der Waals surface area contributed by atoms with Gasteiger partial charge in [0.05, 0.1) is 23.1 Å². The summed E-state index contributed by atoms with van der Waals surface area (Å²) in [5.41, 5.74) is 1.22. The van der Waals surface area contributed by atoms with E-state index in [0.717, 1.165) is 4.90 Å². The summed E-state index contributed by atoms with van der Waals surface area (Å²) in [6, 6.07) is 6.81. The number of nitrogens with zero attached hydrogens (tertiary/aromatic N) is 3. The normalized spacial score (nSPS) is 21.2. The minimum Gasteiger partial charge on any atom is -0.435 e. The smallest absolute Gasteiger partial charge is 0.387 e. The van der Waals surface area contributed by atoms with Crippen LogP contribution in [-0.4, -0.2) is 40.4 Å². The molecule has 31 heavy (non-hydrogen) atoms. The van der Waals surface area contributed by atoms with E-state index in [1.165, 1.54) is 36.4 Å². The summed E-state index contributed by atoms with van der Waals surface area (Å²) in [5, 5.41) is 0. The number of carbonyl (C=O) groups is 1. The third-order valence-electron chi connectivity index (χ3n) is 5.49. The quantitative estimate of drug-likeness (QED) is 0.446. The molecule has 158 valence electrons. The van der Waals surface area contributed by atoms with Crippen molar-refractivity contribution in [1.29, 1.82) is 0 Å². The zero-order valence-corrected chi connectivity index (χ0v) is 15.7. The average Bonchev–Trinajstić information content (AvgIpc) is 3.24. The molecule has 0 saturated carbocycles. The highest BCUT2D eigenvalue weighted by Gasteiger charge is 2.44. The summed E-state index contributed by atoms with van der Waals surface area (Å²) in [6.45, 7) is -5.88. The fourth-order valence-corrected chi connectivity index (χ4v) is 4.34. The van der Waals surface area contributed by atoms with Crippen LogP contribution in [-0.2, 0) is 0 Å². The van der Waals surface area contributed by atoms with Crippen molar-refractivity contribution >= 4 is 16.9 Å². The molecule has 3 aromatic rings. The van der Waals surface area contributed by atoms with Crippen molar-refractivity contribution in [3.05, 3.63) is 58.9 Å². The van der Waals surface area contributed by atoms with E-state index in [9.17, 15) is 22.4 Å². The monoisotopic (exact) mass is 432 g/mol. The highest BCUT2D eigenvalue weighted by Crippen LogP contribution is 2.48. The fourth-order valence-electron chi connectivity index (χ4n) is 4.34. The van der Waals surface area contributed by atoms with Crippen molar-refractivity contribution in [2.75, 3.05) is 6.98 Å². The number of hydrogen-bond donors (Lipinski definition) is 0. The summed E-state index contributed by atoms with van der Waals surface area (Å²) in [6.07, 6.45) is -2.81. The van der Waals surface area contributed by atoms with Crippen LogP contribution in [0.25, 0.3) is 11.0 Å². The molecule has 0 aliphatic carbocycles. The van der Waals surface area contributed by atoms with Gasteiger partial charge in [0.1, 0.15) is 11.6 Å². The fraction of sp³-hybridized carbons (Fsp3) is 0.273. The number of imidazole rings is 1. The number of alkyl halides is 4. The van der Waals surface area contributed by atoms with E-state index in [1.54, 1.807) is 10.5 Å². The van der Waals surface area contributed by atoms with Gasteiger partial charge in [-0.2, -0.15) is 17.6 Å². The molecule has 2 aliphatic heterocycles. The Bertz CT molecular complexity index is 1380. The second kappa shape index (κ2) is 7.01. The lowest BCUT2D eigenvalue weighted by atomic mass is 9.93. The Morgan fingerprint density at radius 2 is 2.06 bits per heavy atom. The minimum atomic E-state index is -3.05. The molecule has 3 heterocycles. The molecule has 0 spiro atoms. The van der Waals surface area contributed by atoms with E-state index in [4.69, 9.17) is 4.11 Å². The summed E-state index contributed by atoms with van der Waals surface area (Å²) in [7, 11) is 0. The number of benzene rings is 2. The number of aromatic nitrogens is 2. The third kappa shape index (κ3) is 3.02. The molecule has 1 aromatic heterocycles. The predicted molar refractivity (Wildman–Crippen MR) is 103 cm³/mol. The van der Waals surface area contributed by atoms with Gasteiger partial charge < -0.3 is 14.2 Å². The number of hydrogen-bond acceptors (Lipinski definition) is 3. The maximum absolute atomic E-state index is 13.4. The second-order valence-corrected chi connectivity index (χ2v) is 7.15. The molecule has 0 radical (unpaired) electrons. The summed E-state index contributed by atoms with van der Waals surface area (Å²) in [5.74, 6) is 3.52. The maximum Gasteiger partial charge on any atom is 0.387 e. The molecule has 0 N–H and O–H groups in total. The number of rotatable bonds is 2. The van der Waals surface area contributed by atoms with E-state index >= 15 is 0 Å². The van der Waals surface area contributed by atoms with Crippen LogP contribution >= 0.6 is 0 Å². The first-order valence-corrected chi connectivity index (χ1v) is 9.29. The molecule has 9 heteroatoms. The lowest BCUT2D eigenvalue weighted by Crippen LogP contribution is -2.30. The van der Waals surface area contributed by atoms with E-state index in [2.05, 4.69) is 15.6 Å². The molecule has 0 saturated heterocycles. The molecule has 2 bridgehead atoms. The Kier molecular flexibility index (Phi) is 3.66. The third-order valence-corrected chi connectivity index (χ3v) is 5.49.